The van der Waals surface area contributed by atoms with Gasteiger partial charge < -0.3 is 5.32 Å². The molecule has 1 aliphatic carbocycles. The first-order chi connectivity index (χ1) is 9.24. The van der Waals surface area contributed by atoms with Gasteiger partial charge in [-0.15, -0.1) is 0 Å². The van der Waals surface area contributed by atoms with Gasteiger partial charge in [0.2, 0.25) is 0 Å². The van der Waals surface area contributed by atoms with E-state index in [0.29, 0.717) is 5.56 Å². The molecule has 19 heavy (non-hydrogen) atoms. The summed E-state index contributed by atoms with van der Waals surface area (Å²) < 4.78 is 13.1. The molecule has 0 aliphatic heterocycles. The molecule has 0 heterocycles. The van der Waals surface area contributed by atoms with Gasteiger partial charge in [-0.2, -0.15) is 0 Å². The van der Waals surface area contributed by atoms with Crippen LogP contribution in [0.2, 0.25) is 0 Å². The summed E-state index contributed by atoms with van der Waals surface area (Å²) >= 11 is 0. The van der Waals surface area contributed by atoms with Gasteiger partial charge >= 0.3 is 0 Å². The first-order valence-corrected chi connectivity index (χ1v) is 6.38. The first-order valence-electron chi connectivity index (χ1n) is 6.38. The van der Waals surface area contributed by atoms with Crippen LogP contribution < -0.4 is 5.32 Å². The molecule has 3 rings (SSSR count). The topological polar surface area (TPSA) is 29.1 Å². The normalized spacial score (nSPS) is 17.0. The molecular formula is C16H14FNO. The van der Waals surface area contributed by atoms with Gasteiger partial charge in [0.25, 0.3) is 5.91 Å². The second-order valence-corrected chi connectivity index (χ2v) is 4.77. The molecule has 0 fully saturated rings. The lowest BCUT2D eigenvalue weighted by atomic mass is 10.1. The van der Waals surface area contributed by atoms with Crippen molar-refractivity contribution < 1.29 is 9.18 Å². The minimum Gasteiger partial charge on any atom is -0.345 e. The Balaban J connectivity index is 1.78. The van der Waals surface area contributed by atoms with Crippen LogP contribution >= 0.6 is 0 Å². The van der Waals surface area contributed by atoms with E-state index < -0.39 is 0 Å². The third kappa shape index (κ3) is 2.36. The number of carbonyl (C=O) groups excluding carboxylic acids is 1. The lowest BCUT2D eigenvalue weighted by molar-refractivity contribution is 0.0936. The molecule has 1 unspecified atom stereocenters. The van der Waals surface area contributed by atoms with E-state index in [2.05, 4.69) is 11.4 Å². The van der Waals surface area contributed by atoms with Gasteiger partial charge in [-0.3, -0.25) is 4.79 Å². The van der Waals surface area contributed by atoms with Gasteiger partial charge in [0.15, 0.2) is 0 Å². The Morgan fingerprint density at radius 1 is 1.16 bits per heavy atom. The Kier molecular flexibility index (Phi) is 3.03. The molecule has 1 atom stereocenters. The van der Waals surface area contributed by atoms with Gasteiger partial charge in [-0.25, -0.2) is 4.39 Å². The number of benzene rings is 2. The van der Waals surface area contributed by atoms with Crippen molar-refractivity contribution in [3.05, 3.63) is 71.0 Å². The average molecular weight is 255 g/mol. The minimum atomic E-state index is -0.389. The molecular weight excluding hydrogens is 241 g/mol. The summed E-state index contributed by atoms with van der Waals surface area (Å²) in [6.07, 6.45) is 1.88. The standard InChI is InChI=1S/C16H14FNO/c17-13-6-3-5-12(10-13)16(19)18-15-9-8-11-4-1-2-7-14(11)15/h1-7,10,15H,8-9H2,(H,18,19). The Hall–Kier alpha value is -2.16. The molecule has 0 spiro atoms. The summed E-state index contributed by atoms with van der Waals surface area (Å²) in [6, 6.07) is 13.9. The molecule has 1 amide bonds. The van der Waals surface area contributed by atoms with Crippen molar-refractivity contribution in [3.63, 3.8) is 0 Å². The molecule has 2 nitrogen and oxygen atoms in total. The fourth-order valence-electron chi connectivity index (χ4n) is 2.58. The van der Waals surface area contributed by atoms with Crippen molar-refractivity contribution in [2.75, 3.05) is 0 Å². The molecule has 0 saturated heterocycles. The zero-order chi connectivity index (χ0) is 13.2. The third-order valence-corrected chi connectivity index (χ3v) is 3.52. The maximum Gasteiger partial charge on any atom is 0.251 e. The SMILES string of the molecule is O=C(NC1CCc2ccccc21)c1cccc(F)c1. The van der Waals surface area contributed by atoms with Gasteiger partial charge in [-0.1, -0.05) is 30.3 Å². The number of amides is 1. The Labute approximate surface area is 111 Å². The summed E-state index contributed by atoms with van der Waals surface area (Å²) in [5.74, 6) is -0.610. The monoisotopic (exact) mass is 255 g/mol. The van der Waals surface area contributed by atoms with Gasteiger partial charge in [0.1, 0.15) is 5.82 Å². The zero-order valence-electron chi connectivity index (χ0n) is 10.4. The first kappa shape index (κ1) is 11.9. The highest BCUT2D eigenvalue weighted by atomic mass is 19.1. The zero-order valence-corrected chi connectivity index (χ0v) is 10.4. The Morgan fingerprint density at radius 2 is 2.00 bits per heavy atom. The van der Waals surface area contributed by atoms with Crippen molar-refractivity contribution in [1.29, 1.82) is 0 Å². The second-order valence-electron chi connectivity index (χ2n) is 4.77. The number of rotatable bonds is 2. The van der Waals surface area contributed by atoms with Gasteiger partial charge in [-0.05, 0) is 42.2 Å². The van der Waals surface area contributed by atoms with Crippen molar-refractivity contribution in [2.45, 2.75) is 18.9 Å². The highest BCUT2D eigenvalue weighted by molar-refractivity contribution is 5.94. The average Bonchev–Trinajstić information content (AvgIpc) is 2.82. The molecule has 3 heteroatoms. The van der Waals surface area contributed by atoms with Crippen LogP contribution in [0.1, 0.15) is 33.9 Å². The van der Waals surface area contributed by atoms with E-state index in [1.165, 1.54) is 23.3 Å². The maximum absolute atomic E-state index is 13.1. The largest absolute Gasteiger partial charge is 0.345 e. The number of carbonyl (C=O) groups is 1. The molecule has 0 radical (unpaired) electrons. The third-order valence-electron chi connectivity index (χ3n) is 3.52. The van der Waals surface area contributed by atoms with Crippen LogP contribution in [0.15, 0.2) is 48.5 Å². The van der Waals surface area contributed by atoms with Crippen LogP contribution in [0.3, 0.4) is 0 Å². The number of hydrogen-bond donors (Lipinski definition) is 1. The minimum absolute atomic E-state index is 0.0342. The summed E-state index contributed by atoms with van der Waals surface area (Å²) in [7, 11) is 0. The molecule has 2 aromatic carbocycles. The molecule has 1 N–H and O–H groups in total. The lowest BCUT2D eigenvalue weighted by Gasteiger charge is -2.14. The quantitative estimate of drug-likeness (QED) is 0.877. The molecule has 0 saturated carbocycles. The number of fused-ring (bicyclic) bond motifs is 1. The van der Waals surface area contributed by atoms with Crippen LogP contribution in [0.5, 0.6) is 0 Å². The van der Waals surface area contributed by atoms with Crippen molar-refractivity contribution >= 4 is 5.91 Å². The summed E-state index contributed by atoms with van der Waals surface area (Å²) in [6.45, 7) is 0. The molecule has 0 bridgehead atoms. The van der Waals surface area contributed by atoms with Crippen LogP contribution in [0.25, 0.3) is 0 Å². The fraction of sp³-hybridized carbons (Fsp3) is 0.188. The number of hydrogen-bond acceptors (Lipinski definition) is 1. The number of halogens is 1. The summed E-state index contributed by atoms with van der Waals surface area (Å²) in [5, 5.41) is 2.97. The smallest absolute Gasteiger partial charge is 0.251 e. The van der Waals surface area contributed by atoms with Crippen molar-refractivity contribution in [3.8, 4) is 0 Å². The predicted molar refractivity (Wildman–Crippen MR) is 71.4 cm³/mol. The highest BCUT2D eigenvalue weighted by Crippen LogP contribution is 2.30. The van der Waals surface area contributed by atoms with E-state index in [1.807, 2.05) is 18.2 Å². The van der Waals surface area contributed by atoms with Gasteiger partial charge in [0, 0.05) is 5.56 Å². The number of aryl methyl sites for hydroxylation is 1. The van der Waals surface area contributed by atoms with E-state index in [-0.39, 0.29) is 17.8 Å². The van der Waals surface area contributed by atoms with E-state index in [0.717, 1.165) is 12.8 Å². The molecule has 0 aromatic heterocycles. The van der Waals surface area contributed by atoms with Crippen LogP contribution in [0, 0.1) is 5.82 Å². The number of nitrogens with one attached hydrogen (secondary N) is 1. The molecule has 96 valence electrons. The molecule has 1 aliphatic rings. The summed E-state index contributed by atoms with van der Waals surface area (Å²) in [5.41, 5.74) is 2.82. The van der Waals surface area contributed by atoms with Crippen LogP contribution in [-0.2, 0) is 6.42 Å². The second kappa shape index (κ2) is 4.84. The van der Waals surface area contributed by atoms with E-state index in [9.17, 15) is 9.18 Å². The molecule has 2 aromatic rings. The highest BCUT2D eigenvalue weighted by Gasteiger charge is 2.23. The van der Waals surface area contributed by atoms with Crippen LogP contribution in [0.4, 0.5) is 4.39 Å². The predicted octanol–water partition coefficient (Wildman–Crippen LogP) is 3.24. The fourth-order valence-corrected chi connectivity index (χ4v) is 2.58. The lowest BCUT2D eigenvalue weighted by Crippen LogP contribution is -2.27. The Morgan fingerprint density at radius 3 is 2.84 bits per heavy atom. The van der Waals surface area contributed by atoms with Crippen LogP contribution in [-0.4, -0.2) is 5.91 Å². The summed E-state index contributed by atoms with van der Waals surface area (Å²) in [4.78, 5) is 12.1. The van der Waals surface area contributed by atoms with Crippen molar-refractivity contribution in [2.24, 2.45) is 0 Å². The maximum atomic E-state index is 13.1. The van der Waals surface area contributed by atoms with Gasteiger partial charge in [0.05, 0.1) is 6.04 Å². The van der Waals surface area contributed by atoms with Crippen molar-refractivity contribution in [1.82, 2.24) is 5.32 Å². The van der Waals surface area contributed by atoms with E-state index in [1.54, 1.807) is 12.1 Å². The van der Waals surface area contributed by atoms with E-state index >= 15 is 0 Å². The van der Waals surface area contributed by atoms with E-state index in [4.69, 9.17) is 0 Å². The Bertz CT molecular complexity index is 624.